The molecule has 0 radical (unpaired) electrons. The molecule has 0 spiro atoms. The van der Waals surface area contributed by atoms with Crippen LogP contribution in [-0.4, -0.2) is 24.4 Å². The number of halogens is 2. The molecular formula is C17H18BrFN2O2S. The van der Waals surface area contributed by atoms with Crippen molar-refractivity contribution in [2.45, 2.75) is 25.8 Å². The molecule has 0 bridgehead atoms. The standard InChI is InChI=1S/C17H18BrFN2O2S/c1-11(8-12-5-7-24-10-12)21-16(22)4-6-20-17(23)14-9-13(19)2-3-15(14)18/h2-3,5,7,9-11H,4,6,8H2,1H3,(H,20,23)(H,21,22). The van der Waals surface area contributed by atoms with Crippen molar-refractivity contribution in [3.05, 3.63) is 56.4 Å². The summed E-state index contributed by atoms with van der Waals surface area (Å²) in [6.45, 7) is 2.14. The topological polar surface area (TPSA) is 58.2 Å². The van der Waals surface area contributed by atoms with E-state index in [1.165, 1.54) is 17.7 Å². The number of nitrogens with one attached hydrogen (secondary N) is 2. The monoisotopic (exact) mass is 412 g/mol. The summed E-state index contributed by atoms with van der Waals surface area (Å²) in [4.78, 5) is 23.9. The van der Waals surface area contributed by atoms with Crippen LogP contribution >= 0.6 is 27.3 Å². The molecule has 1 atom stereocenters. The average Bonchev–Trinajstić information content (AvgIpc) is 3.02. The lowest BCUT2D eigenvalue weighted by atomic mass is 10.1. The molecule has 0 saturated carbocycles. The van der Waals surface area contributed by atoms with E-state index in [0.717, 1.165) is 12.5 Å². The highest BCUT2D eigenvalue weighted by Gasteiger charge is 2.12. The van der Waals surface area contributed by atoms with E-state index in [1.54, 1.807) is 11.3 Å². The Morgan fingerprint density at radius 3 is 2.83 bits per heavy atom. The van der Waals surface area contributed by atoms with Crippen LogP contribution in [-0.2, 0) is 11.2 Å². The smallest absolute Gasteiger partial charge is 0.252 e. The van der Waals surface area contributed by atoms with Gasteiger partial charge in [-0.25, -0.2) is 4.39 Å². The number of thiophene rings is 1. The number of carbonyl (C=O) groups is 2. The Bertz CT molecular complexity index is 707. The lowest BCUT2D eigenvalue weighted by Crippen LogP contribution is -2.36. The molecule has 24 heavy (non-hydrogen) atoms. The van der Waals surface area contributed by atoms with E-state index in [-0.39, 0.29) is 30.5 Å². The van der Waals surface area contributed by atoms with Crippen LogP contribution in [0.15, 0.2) is 39.5 Å². The van der Waals surface area contributed by atoms with Crippen molar-refractivity contribution in [2.24, 2.45) is 0 Å². The van der Waals surface area contributed by atoms with E-state index >= 15 is 0 Å². The molecule has 1 aromatic heterocycles. The molecule has 0 fully saturated rings. The molecule has 128 valence electrons. The minimum atomic E-state index is -0.483. The van der Waals surface area contributed by atoms with Crippen LogP contribution < -0.4 is 10.6 Å². The Hall–Kier alpha value is -1.73. The molecule has 7 heteroatoms. The molecule has 1 heterocycles. The summed E-state index contributed by atoms with van der Waals surface area (Å²) in [6.07, 6.45) is 0.949. The predicted octanol–water partition coefficient (Wildman–Crippen LogP) is 3.52. The van der Waals surface area contributed by atoms with E-state index < -0.39 is 11.7 Å². The second-order valence-electron chi connectivity index (χ2n) is 5.43. The van der Waals surface area contributed by atoms with Crippen LogP contribution in [0.3, 0.4) is 0 Å². The van der Waals surface area contributed by atoms with Gasteiger partial charge in [-0.2, -0.15) is 11.3 Å². The van der Waals surface area contributed by atoms with Gasteiger partial charge in [-0.1, -0.05) is 0 Å². The zero-order valence-electron chi connectivity index (χ0n) is 13.1. The highest BCUT2D eigenvalue weighted by Crippen LogP contribution is 2.17. The maximum Gasteiger partial charge on any atom is 0.252 e. The molecule has 0 aliphatic rings. The van der Waals surface area contributed by atoms with E-state index in [4.69, 9.17) is 0 Å². The van der Waals surface area contributed by atoms with Crippen molar-refractivity contribution >= 4 is 39.1 Å². The third-order valence-corrected chi connectivity index (χ3v) is 4.76. The van der Waals surface area contributed by atoms with Gasteiger partial charge in [-0.3, -0.25) is 9.59 Å². The predicted molar refractivity (Wildman–Crippen MR) is 96.7 cm³/mol. The Morgan fingerprint density at radius 1 is 1.33 bits per heavy atom. The van der Waals surface area contributed by atoms with Gasteiger partial charge in [0.1, 0.15) is 5.82 Å². The zero-order valence-corrected chi connectivity index (χ0v) is 15.5. The molecule has 4 nitrogen and oxygen atoms in total. The molecule has 2 N–H and O–H groups in total. The molecule has 0 aliphatic heterocycles. The first-order valence-corrected chi connectivity index (χ1v) is 9.23. The Morgan fingerprint density at radius 2 is 2.12 bits per heavy atom. The Kier molecular flexibility index (Phi) is 6.93. The number of hydrogen-bond acceptors (Lipinski definition) is 3. The van der Waals surface area contributed by atoms with E-state index in [0.29, 0.717) is 4.47 Å². The fraction of sp³-hybridized carbons (Fsp3) is 0.294. The number of carbonyl (C=O) groups excluding carboxylic acids is 2. The summed E-state index contributed by atoms with van der Waals surface area (Å²) in [5, 5.41) is 9.58. The summed E-state index contributed by atoms with van der Waals surface area (Å²) in [6, 6.07) is 5.96. The van der Waals surface area contributed by atoms with Crippen LogP contribution in [0, 0.1) is 5.82 Å². The average molecular weight is 413 g/mol. The van der Waals surface area contributed by atoms with Gasteiger partial charge < -0.3 is 10.6 Å². The Balaban J connectivity index is 1.74. The Labute approximate surface area is 152 Å². The summed E-state index contributed by atoms with van der Waals surface area (Å²) in [7, 11) is 0. The van der Waals surface area contributed by atoms with Crippen LogP contribution in [0.1, 0.15) is 29.3 Å². The van der Waals surface area contributed by atoms with Crippen molar-refractivity contribution in [1.29, 1.82) is 0 Å². The molecule has 0 aliphatic carbocycles. The summed E-state index contributed by atoms with van der Waals surface area (Å²) < 4.78 is 13.7. The largest absolute Gasteiger partial charge is 0.353 e. The number of benzene rings is 1. The second-order valence-corrected chi connectivity index (χ2v) is 7.07. The lowest BCUT2D eigenvalue weighted by Gasteiger charge is -2.13. The molecule has 1 aromatic carbocycles. The van der Waals surface area contributed by atoms with Crippen LogP contribution in [0.25, 0.3) is 0 Å². The van der Waals surface area contributed by atoms with Crippen molar-refractivity contribution in [3.8, 4) is 0 Å². The maximum atomic E-state index is 13.2. The van der Waals surface area contributed by atoms with Gasteiger partial charge in [0.2, 0.25) is 5.91 Å². The van der Waals surface area contributed by atoms with Crippen molar-refractivity contribution in [2.75, 3.05) is 6.54 Å². The quantitative estimate of drug-likeness (QED) is 0.730. The van der Waals surface area contributed by atoms with Gasteiger partial charge in [-0.05, 0) is 69.9 Å². The van der Waals surface area contributed by atoms with E-state index in [9.17, 15) is 14.0 Å². The third kappa shape index (κ3) is 5.72. The molecule has 2 aromatic rings. The fourth-order valence-electron chi connectivity index (χ4n) is 2.22. The molecule has 0 saturated heterocycles. The van der Waals surface area contributed by atoms with Crippen molar-refractivity contribution in [3.63, 3.8) is 0 Å². The number of hydrogen-bond donors (Lipinski definition) is 2. The normalized spacial score (nSPS) is 11.8. The van der Waals surface area contributed by atoms with Crippen molar-refractivity contribution in [1.82, 2.24) is 10.6 Å². The first-order chi connectivity index (χ1) is 11.5. The SMILES string of the molecule is CC(Cc1ccsc1)NC(=O)CCNC(=O)c1cc(F)ccc1Br. The van der Waals surface area contributed by atoms with Crippen LogP contribution in [0.4, 0.5) is 4.39 Å². The fourth-order valence-corrected chi connectivity index (χ4v) is 3.32. The minimum Gasteiger partial charge on any atom is -0.353 e. The second kappa shape index (κ2) is 8.94. The van der Waals surface area contributed by atoms with Crippen molar-refractivity contribution < 1.29 is 14.0 Å². The molecule has 2 rings (SSSR count). The number of amides is 2. The summed E-state index contributed by atoms with van der Waals surface area (Å²) >= 11 is 4.83. The van der Waals surface area contributed by atoms with Gasteiger partial charge >= 0.3 is 0 Å². The van der Waals surface area contributed by atoms with E-state index in [1.807, 2.05) is 18.4 Å². The zero-order chi connectivity index (χ0) is 17.5. The van der Waals surface area contributed by atoms with Gasteiger partial charge in [0.25, 0.3) is 5.91 Å². The highest BCUT2D eigenvalue weighted by atomic mass is 79.9. The van der Waals surface area contributed by atoms with Crippen LogP contribution in [0.2, 0.25) is 0 Å². The van der Waals surface area contributed by atoms with E-state index in [2.05, 4.69) is 31.9 Å². The molecular weight excluding hydrogens is 395 g/mol. The summed E-state index contributed by atoms with van der Waals surface area (Å²) in [5.74, 6) is -1.03. The third-order valence-electron chi connectivity index (χ3n) is 3.34. The lowest BCUT2D eigenvalue weighted by molar-refractivity contribution is -0.121. The first-order valence-electron chi connectivity index (χ1n) is 7.49. The van der Waals surface area contributed by atoms with Gasteiger partial charge in [0.15, 0.2) is 0 Å². The first kappa shape index (κ1) is 18.6. The molecule has 2 amide bonds. The molecule has 1 unspecified atom stereocenters. The highest BCUT2D eigenvalue weighted by molar-refractivity contribution is 9.10. The minimum absolute atomic E-state index is 0.0279. The van der Waals surface area contributed by atoms with Crippen LogP contribution in [0.5, 0.6) is 0 Å². The number of rotatable bonds is 7. The van der Waals surface area contributed by atoms with Gasteiger partial charge in [0, 0.05) is 23.5 Å². The van der Waals surface area contributed by atoms with Gasteiger partial charge in [0.05, 0.1) is 5.56 Å². The summed E-state index contributed by atoms with van der Waals surface area (Å²) in [5.41, 5.74) is 1.40. The van der Waals surface area contributed by atoms with Gasteiger partial charge in [-0.15, -0.1) is 0 Å². The maximum absolute atomic E-state index is 13.2.